The standard InChI is InChI=1S/C17H19FN2O/c1-20(12-14-4-2-3-5-16(14)18)17(21)11-8-13-6-9-15(19)10-7-13/h2-7,9-10H,8,11-12,19H2,1H3. The maximum Gasteiger partial charge on any atom is 0.222 e. The molecule has 2 aromatic carbocycles. The van der Waals surface area contributed by atoms with Crippen molar-refractivity contribution in [3.63, 3.8) is 0 Å². The Morgan fingerprint density at radius 2 is 1.81 bits per heavy atom. The van der Waals surface area contributed by atoms with Crippen LogP contribution in [0.15, 0.2) is 48.5 Å². The van der Waals surface area contributed by atoms with Crippen molar-refractivity contribution in [2.45, 2.75) is 19.4 Å². The Balaban J connectivity index is 1.88. The molecular formula is C17H19FN2O. The Kier molecular flexibility index (Phi) is 4.93. The highest BCUT2D eigenvalue weighted by Gasteiger charge is 2.11. The first-order chi connectivity index (χ1) is 10.1. The third-order valence-corrected chi connectivity index (χ3v) is 3.40. The van der Waals surface area contributed by atoms with E-state index in [1.807, 2.05) is 24.3 Å². The van der Waals surface area contributed by atoms with Crippen molar-refractivity contribution in [3.05, 3.63) is 65.5 Å². The van der Waals surface area contributed by atoms with Crippen LogP contribution in [0.25, 0.3) is 0 Å². The Bertz CT molecular complexity index is 610. The molecule has 0 saturated carbocycles. The van der Waals surface area contributed by atoms with Gasteiger partial charge >= 0.3 is 0 Å². The average Bonchev–Trinajstić information content (AvgIpc) is 2.48. The fourth-order valence-corrected chi connectivity index (χ4v) is 2.10. The number of amides is 1. The summed E-state index contributed by atoms with van der Waals surface area (Å²) in [5.41, 5.74) is 7.93. The number of carbonyl (C=O) groups excluding carboxylic acids is 1. The summed E-state index contributed by atoms with van der Waals surface area (Å²) in [6.45, 7) is 0.285. The SMILES string of the molecule is CN(Cc1ccccc1F)C(=O)CCc1ccc(N)cc1. The molecule has 110 valence electrons. The zero-order valence-electron chi connectivity index (χ0n) is 12.1. The second kappa shape index (κ2) is 6.88. The maximum absolute atomic E-state index is 13.6. The van der Waals surface area contributed by atoms with Gasteiger partial charge in [-0.15, -0.1) is 0 Å². The molecule has 4 heteroatoms. The van der Waals surface area contributed by atoms with Crippen LogP contribution >= 0.6 is 0 Å². The predicted molar refractivity (Wildman–Crippen MR) is 82.0 cm³/mol. The van der Waals surface area contributed by atoms with Gasteiger partial charge in [-0.25, -0.2) is 4.39 Å². The Labute approximate surface area is 124 Å². The van der Waals surface area contributed by atoms with Crippen molar-refractivity contribution in [1.82, 2.24) is 4.90 Å². The van der Waals surface area contributed by atoms with E-state index in [2.05, 4.69) is 0 Å². The summed E-state index contributed by atoms with van der Waals surface area (Å²) in [7, 11) is 1.69. The van der Waals surface area contributed by atoms with Crippen LogP contribution in [0.4, 0.5) is 10.1 Å². The highest BCUT2D eigenvalue weighted by Crippen LogP contribution is 2.11. The van der Waals surface area contributed by atoms with E-state index in [9.17, 15) is 9.18 Å². The predicted octanol–water partition coefficient (Wildman–Crippen LogP) is 3.00. The summed E-state index contributed by atoms with van der Waals surface area (Å²) in [4.78, 5) is 13.6. The number of hydrogen-bond donors (Lipinski definition) is 1. The average molecular weight is 286 g/mol. The van der Waals surface area contributed by atoms with E-state index in [0.29, 0.717) is 24.1 Å². The Morgan fingerprint density at radius 1 is 1.14 bits per heavy atom. The minimum atomic E-state index is -0.282. The van der Waals surface area contributed by atoms with Crippen LogP contribution in [0.1, 0.15) is 17.5 Å². The molecule has 2 rings (SSSR count). The molecule has 2 aromatic rings. The molecule has 1 amide bonds. The van der Waals surface area contributed by atoms with Crippen LogP contribution in [-0.2, 0) is 17.8 Å². The molecule has 0 unspecified atom stereocenters. The first kappa shape index (κ1) is 15.0. The largest absolute Gasteiger partial charge is 0.399 e. The van der Waals surface area contributed by atoms with Crippen LogP contribution in [-0.4, -0.2) is 17.9 Å². The van der Waals surface area contributed by atoms with Crippen molar-refractivity contribution >= 4 is 11.6 Å². The number of nitrogen functional groups attached to an aromatic ring is 1. The van der Waals surface area contributed by atoms with Crippen molar-refractivity contribution in [3.8, 4) is 0 Å². The van der Waals surface area contributed by atoms with Crippen molar-refractivity contribution in [2.24, 2.45) is 0 Å². The van der Waals surface area contributed by atoms with Crippen LogP contribution < -0.4 is 5.73 Å². The van der Waals surface area contributed by atoms with E-state index in [1.54, 1.807) is 30.1 Å². The Morgan fingerprint density at radius 3 is 2.48 bits per heavy atom. The molecule has 0 aliphatic carbocycles. The lowest BCUT2D eigenvalue weighted by Crippen LogP contribution is -2.26. The number of rotatable bonds is 5. The summed E-state index contributed by atoms with van der Waals surface area (Å²) in [5, 5.41) is 0. The summed E-state index contributed by atoms with van der Waals surface area (Å²) < 4.78 is 13.6. The van der Waals surface area contributed by atoms with E-state index in [-0.39, 0.29) is 18.3 Å². The van der Waals surface area contributed by atoms with Gasteiger partial charge in [0.15, 0.2) is 0 Å². The summed E-state index contributed by atoms with van der Waals surface area (Å²) >= 11 is 0. The van der Waals surface area contributed by atoms with Gasteiger partial charge in [-0.2, -0.15) is 0 Å². The van der Waals surface area contributed by atoms with Crippen molar-refractivity contribution < 1.29 is 9.18 Å². The number of benzene rings is 2. The first-order valence-electron chi connectivity index (χ1n) is 6.88. The zero-order chi connectivity index (χ0) is 15.2. The van der Waals surface area contributed by atoms with E-state index in [4.69, 9.17) is 5.73 Å². The Hall–Kier alpha value is -2.36. The van der Waals surface area contributed by atoms with Crippen molar-refractivity contribution in [2.75, 3.05) is 12.8 Å². The lowest BCUT2D eigenvalue weighted by Gasteiger charge is -2.17. The van der Waals surface area contributed by atoms with Gasteiger partial charge in [0.2, 0.25) is 5.91 Å². The first-order valence-corrected chi connectivity index (χ1v) is 6.88. The molecule has 0 atom stereocenters. The number of nitrogens with two attached hydrogens (primary N) is 1. The summed E-state index contributed by atoms with van der Waals surface area (Å²) in [6.07, 6.45) is 1.05. The number of hydrogen-bond acceptors (Lipinski definition) is 2. The molecule has 0 aromatic heterocycles. The van der Waals surface area contributed by atoms with Crippen LogP contribution in [0.3, 0.4) is 0 Å². The molecule has 0 saturated heterocycles. The van der Waals surface area contributed by atoms with Crippen molar-refractivity contribution in [1.29, 1.82) is 0 Å². The van der Waals surface area contributed by atoms with Gasteiger partial charge in [0, 0.05) is 31.3 Å². The van der Waals surface area contributed by atoms with E-state index < -0.39 is 0 Å². The quantitative estimate of drug-likeness (QED) is 0.859. The summed E-state index contributed by atoms with van der Waals surface area (Å²) in [6, 6.07) is 14.0. The molecule has 21 heavy (non-hydrogen) atoms. The van der Waals surface area contributed by atoms with Gasteiger partial charge in [0.1, 0.15) is 5.82 Å². The third-order valence-electron chi connectivity index (χ3n) is 3.40. The second-order valence-electron chi connectivity index (χ2n) is 5.08. The molecular weight excluding hydrogens is 267 g/mol. The van der Waals surface area contributed by atoms with E-state index in [1.165, 1.54) is 6.07 Å². The fourth-order valence-electron chi connectivity index (χ4n) is 2.10. The normalized spacial score (nSPS) is 10.4. The lowest BCUT2D eigenvalue weighted by atomic mass is 10.1. The fraction of sp³-hybridized carbons (Fsp3) is 0.235. The van der Waals surface area contributed by atoms with Gasteiger partial charge in [0.25, 0.3) is 0 Å². The molecule has 0 radical (unpaired) electrons. The van der Waals surface area contributed by atoms with Gasteiger partial charge in [-0.3, -0.25) is 4.79 Å². The zero-order valence-corrected chi connectivity index (χ0v) is 12.1. The maximum atomic E-state index is 13.6. The van der Waals surface area contributed by atoms with E-state index >= 15 is 0 Å². The minimum Gasteiger partial charge on any atom is -0.399 e. The minimum absolute atomic E-state index is 0.00456. The molecule has 2 N–H and O–H groups in total. The highest BCUT2D eigenvalue weighted by atomic mass is 19.1. The topological polar surface area (TPSA) is 46.3 Å². The van der Waals surface area contributed by atoms with Crippen LogP contribution in [0, 0.1) is 5.82 Å². The molecule has 0 heterocycles. The third kappa shape index (κ3) is 4.31. The lowest BCUT2D eigenvalue weighted by molar-refractivity contribution is -0.130. The number of halogens is 1. The molecule has 3 nitrogen and oxygen atoms in total. The number of anilines is 1. The molecule has 0 fully saturated rings. The highest BCUT2D eigenvalue weighted by molar-refractivity contribution is 5.76. The molecule has 0 spiro atoms. The van der Waals surface area contributed by atoms with Gasteiger partial charge in [0.05, 0.1) is 0 Å². The number of carbonyl (C=O) groups is 1. The number of aryl methyl sites for hydroxylation is 1. The number of nitrogens with zero attached hydrogens (tertiary/aromatic N) is 1. The summed E-state index contributed by atoms with van der Waals surface area (Å²) in [5.74, 6) is -0.286. The van der Waals surface area contributed by atoms with Gasteiger partial charge < -0.3 is 10.6 Å². The molecule has 0 bridgehead atoms. The van der Waals surface area contributed by atoms with Gasteiger partial charge in [-0.05, 0) is 30.2 Å². The van der Waals surface area contributed by atoms with Crippen LogP contribution in [0.2, 0.25) is 0 Å². The van der Waals surface area contributed by atoms with Crippen LogP contribution in [0.5, 0.6) is 0 Å². The molecule has 0 aliphatic heterocycles. The monoisotopic (exact) mass is 286 g/mol. The molecule has 0 aliphatic rings. The van der Waals surface area contributed by atoms with E-state index in [0.717, 1.165) is 5.56 Å². The van der Waals surface area contributed by atoms with Gasteiger partial charge in [-0.1, -0.05) is 30.3 Å². The second-order valence-corrected chi connectivity index (χ2v) is 5.08. The smallest absolute Gasteiger partial charge is 0.222 e.